The quantitative estimate of drug-likeness (QED) is 0.833. The lowest BCUT2D eigenvalue weighted by molar-refractivity contribution is -0.139. The minimum absolute atomic E-state index is 0.000552. The molecule has 0 unspecified atom stereocenters. The Bertz CT molecular complexity index is 393. The molecule has 0 saturated heterocycles. The summed E-state index contributed by atoms with van der Waals surface area (Å²) < 4.78 is 47.9. The van der Waals surface area contributed by atoms with Crippen molar-refractivity contribution < 1.29 is 27.5 Å². The minimum Gasteiger partial charge on any atom is -0.493 e. The van der Waals surface area contributed by atoms with Crippen LogP contribution in [0.5, 0.6) is 11.5 Å². The molecule has 0 aliphatic carbocycles. The Balaban J connectivity index is 3.35. The molecule has 0 radical (unpaired) electrons. The highest BCUT2D eigenvalue weighted by Gasteiger charge is 2.34. The third kappa shape index (κ3) is 3.01. The highest BCUT2D eigenvalue weighted by atomic mass is 19.4. The number of benzene rings is 1. The van der Waals surface area contributed by atoms with Gasteiger partial charge in [0.05, 0.1) is 26.4 Å². The van der Waals surface area contributed by atoms with E-state index in [1.165, 1.54) is 20.3 Å². The van der Waals surface area contributed by atoms with Crippen molar-refractivity contribution in [1.29, 1.82) is 0 Å². The van der Waals surface area contributed by atoms with Gasteiger partial charge in [-0.3, -0.25) is 4.84 Å². The largest absolute Gasteiger partial charge is 0.493 e. The molecule has 1 aromatic rings. The predicted octanol–water partition coefficient (Wildman–Crippen LogP) is 2.11. The predicted molar refractivity (Wildman–Crippen MR) is 53.5 cm³/mol. The molecule has 0 atom stereocenters. The third-order valence-corrected chi connectivity index (χ3v) is 2.15. The van der Waals surface area contributed by atoms with Gasteiger partial charge in [-0.05, 0) is 17.7 Å². The zero-order valence-electron chi connectivity index (χ0n) is 9.30. The smallest absolute Gasteiger partial charge is 0.416 e. The summed E-state index contributed by atoms with van der Waals surface area (Å²) in [5.41, 5.74) is -0.974. The minimum atomic E-state index is -4.51. The van der Waals surface area contributed by atoms with Crippen molar-refractivity contribution in [2.75, 3.05) is 14.2 Å². The molecule has 0 aliphatic heterocycles. The fourth-order valence-corrected chi connectivity index (χ4v) is 1.39. The van der Waals surface area contributed by atoms with Crippen LogP contribution >= 0.6 is 0 Å². The fraction of sp³-hybridized carbons (Fsp3) is 0.400. The van der Waals surface area contributed by atoms with E-state index in [0.29, 0.717) is 0 Å². The maximum Gasteiger partial charge on any atom is 0.416 e. The normalized spacial score (nSPS) is 11.4. The van der Waals surface area contributed by atoms with Gasteiger partial charge in [-0.1, -0.05) is 0 Å². The molecule has 7 heteroatoms. The van der Waals surface area contributed by atoms with Gasteiger partial charge in [-0.2, -0.15) is 13.2 Å². The van der Waals surface area contributed by atoms with E-state index in [1.807, 2.05) is 0 Å². The molecule has 0 aromatic heterocycles. The van der Waals surface area contributed by atoms with Crippen LogP contribution in [0.25, 0.3) is 0 Å². The van der Waals surface area contributed by atoms with E-state index >= 15 is 0 Å². The number of alkyl halides is 3. The lowest BCUT2D eigenvalue weighted by Gasteiger charge is -2.16. The van der Waals surface area contributed by atoms with Gasteiger partial charge in [-0.15, -0.1) is 0 Å². The molecule has 17 heavy (non-hydrogen) atoms. The van der Waals surface area contributed by atoms with Crippen LogP contribution in [0.1, 0.15) is 11.1 Å². The van der Waals surface area contributed by atoms with Gasteiger partial charge in [0.1, 0.15) is 0 Å². The summed E-state index contributed by atoms with van der Waals surface area (Å²) >= 11 is 0. The molecule has 0 saturated carbocycles. The molecule has 0 bridgehead atoms. The lowest BCUT2D eigenvalue weighted by atomic mass is 10.1. The fourth-order valence-electron chi connectivity index (χ4n) is 1.39. The second-order valence-corrected chi connectivity index (χ2v) is 3.17. The highest BCUT2D eigenvalue weighted by Crippen LogP contribution is 2.39. The van der Waals surface area contributed by atoms with Crippen molar-refractivity contribution in [3.63, 3.8) is 0 Å². The molecule has 0 amide bonds. The summed E-state index contributed by atoms with van der Waals surface area (Å²) in [7, 11) is 2.59. The SMILES string of the molecule is COc1cc(CON)c(C(F)(F)F)cc1OC. The zero-order chi connectivity index (χ0) is 13.1. The number of halogens is 3. The van der Waals surface area contributed by atoms with E-state index in [4.69, 9.17) is 15.4 Å². The van der Waals surface area contributed by atoms with Crippen molar-refractivity contribution in [2.24, 2.45) is 5.90 Å². The van der Waals surface area contributed by atoms with Crippen molar-refractivity contribution in [2.45, 2.75) is 12.8 Å². The average Bonchev–Trinajstić information content (AvgIpc) is 2.27. The zero-order valence-corrected chi connectivity index (χ0v) is 9.30. The van der Waals surface area contributed by atoms with Crippen molar-refractivity contribution in [1.82, 2.24) is 0 Å². The number of ether oxygens (including phenoxy) is 2. The Kier molecular flexibility index (Phi) is 4.19. The summed E-state index contributed by atoms with van der Waals surface area (Å²) in [4.78, 5) is 4.24. The molecule has 1 aromatic carbocycles. The first-order valence-corrected chi connectivity index (χ1v) is 4.57. The summed E-state index contributed by atoms with van der Waals surface area (Å²) in [5, 5.41) is 0. The van der Waals surface area contributed by atoms with Crippen LogP contribution in [0.2, 0.25) is 0 Å². The Labute approximate surface area is 96.0 Å². The lowest BCUT2D eigenvalue weighted by Crippen LogP contribution is -2.12. The number of hydrogen-bond acceptors (Lipinski definition) is 4. The van der Waals surface area contributed by atoms with Gasteiger partial charge >= 0.3 is 6.18 Å². The van der Waals surface area contributed by atoms with E-state index in [0.717, 1.165) is 6.07 Å². The van der Waals surface area contributed by atoms with Crippen LogP contribution in [0.15, 0.2) is 12.1 Å². The van der Waals surface area contributed by atoms with Gasteiger partial charge in [-0.25, -0.2) is 5.90 Å². The topological polar surface area (TPSA) is 53.7 Å². The monoisotopic (exact) mass is 251 g/mol. The molecular formula is C10H12F3NO3. The second-order valence-electron chi connectivity index (χ2n) is 3.17. The number of methoxy groups -OCH3 is 2. The molecule has 1 rings (SSSR count). The molecule has 0 aliphatic rings. The van der Waals surface area contributed by atoms with Gasteiger partial charge in [0.25, 0.3) is 0 Å². The summed E-state index contributed by atoms with van der Waals surface area (Å²) in [6, 6.07) is 2.04. The third-order valence-electron chi connectivity index (χ3n) is 2.15. The first-order chi connectivity index (χ1) is 7.93. The second kappa shape index (κ2) is 5.24. The Hall–Kier alpha value is -1.47. The van der Waals surface area contributed by atoms with Crippen LogP contribution in [-0.4, -0.2) is 14.2 Å². The molecule has 0 spiro atoms. The van der Waals surface area contributed by atoms with Gasteiger partial charge in [0.2, 0.25) is 0 Å². The average molecular weight is 251 g/mol. The maximum atomic E-state index is 12.7. The Morgan fingerprint density at radius 3 is 2.06 bits per heavy atom. The van der Waals surface area contributed by atoms with Crippen molar-refractivity contribution in [3.8, 4) is 11.5 Å². The number of hydrogen-bond donors (Lipinski definition) is 1. The highest BCUT2D eigenvalue weighted by molar-refractivity contribution is 5.48. The molecule has 0 heterocycles. The summed E-state index contributed by atoms with van der Waals surface area (Å²) in [5.74, 6) is 4.98. The summed E-state index contributed by atoms with van der Waals surface area (Å²) in [6.07, 6.45) is -4.51. The van der Waals surface area contributed by atoms with E-state index in [-0.39, 0.29) is 23.7 Å². The van der Waals surface area contributed by atoms with E-state index < -0.39 is 11.7 Å². The maximum absolute atomic E-state index is 12.7. The van der Waals surface area contributed by atoms with E-state index in [1.54, 1.807) is 0 Å². The number of rotatable bonds is 4. The first-order valence-electron chi connectivity index (χ1n) is 4.57. The standard InChI is InChI=1S/C10H12F3NO3/c1-15-8-3-6(5-17-14)7(10(11,12)13)4-9(8)16-2/h3-4H,5,14H2,1-2H3. The number of nitrogens with two attached hydrogens (primary N) is 1. The van der Waals surface area contributed by atoms with Gasteiger partial charge in [0, 0.05) is 0 Å². The Morgan fingerprint density at radius 1 is 1.12 bits per heavy atom. The summed E-state index contributed by atoms with van der Waals surface area (Å²) in [6.45, 7) is -0.366. The van der Waals surface area contributed by atoms with Crippen LogP contribution < -0.4 is 15.4 Å². The molecule has 96 valence electrons. The van der Waals surface area contributed by atoms with E-state index in [2.05, 4.69) is 4.84 Å². The van der Waals surface area contributed by atoms with Crippen LogP contribution in [0.3, 0.4) is 0 Å². The van der Waals surface area contributed by atoms with E-state index in [9.17, 15) is 13.2 Å². The van der Waals surface area contributed by atoms with Gasteiger partial charge < -0.3 is 9.47 Å². The van der Waals surface area contributed by atoms with Crippen LogP contribution in [0.4, 0.5) is 13.2 Å². The van der Waals surface area contributed by atoms with Crippen LogP contribution in [-0.2, 0) is 17.6 Å². The van der Waals surface area contributed by atoms with Crippen LogP contribution in [0, 0.1) is 0 Å². The van der Waals surface area contributed by atoms with Crippen molar-refractivity contribution in [3.05, 3.63) is 23.3 Å². The Morgan fingerprint density at radius 2 is 1.65 bits per heavy atom. The molecule has 2 N–H and O–H groups in total. The molecular weight excluding hydrogens is 239 g/mol. The first kappa shape index (κ1) is 13.6. The van der Waals surface area contributed by atoms with Crippen molar-refractivity contribution >= 4 is 0 Å². The molecule has 0 fully saturated rings. The van der Waals surface area contributed by atoms with Gasteiger partial charge in [0.15, 0.2) is 11.5 Å². The molecule has 4 nitrogen and oxygen atoms in total.